The van der Waals surface area contributed by atoms with Crippen LogP contribution in [-0.2, 0) is 9.53 Å². The van der Waals surface area contributed by atoms with Crippen molar-refractivity contribution in [2.24, 2.45) is 5.92 Å². The average Bonchev–Trinajstić information content (AvgIpc) is 2.26. The predicted molar refractivity (Wildman–Crippen MR) is 65.9 cm³/mol. The summed E-state index contributed by atoms with van der Waals surface area (Å²) in [6.07, 6.45) is 0. The average molecular weight is 242 g/mol. The van der Waals surface area contributed by atoms with Gasteiger partial charge in [-0.1, -0.05) is 18.5 Å². The Morgan fingerprint density at radius 2 is 2.25 bits per heavy atom. The molecular formula is C12H16ClNO2. The molecule has 0 aliphatic rings. The summed E-state index contributed by atoms with van der Waals surface area (Å²) in [5.41, 5.74) is 2.05. The van der Waals surface area contributed by atoms with Crippen LogP contribution in [0.25, 0.3) is 0 Å². The molecule has 16 heavy (non-hydrogen) atoms. The van der Waals surface area contributed by atoms with E-state index in [1.165, 1.54) is 7.11 Å². The summed E-state index contributed by atoms with van der Waals surface area (Å²) >= 11 is 5.85. The highest BCUT2D eigenvalue weighted by Gasteiger charge is 2.12. The summed E-state index contributed by atoms with van der Waals surface area (Å²) in [6, 6.07) is 5.61. The SMILES string of the molecule is COC(=O)C(C)CNc1ccc(Cl)cc1C. The molecule has 1 N–H and O–H groups in total. The molecule has 1 unspecified atom stereocenters. The number of halogens is 1. The standard InChI is InChI=1S/C12H16ClNO2/c1-8-6-10(13)4-5-11(8)14-7-9(2)12(15)16-3/h4-6,9,14H,7H2,1-3H3. The van der Waals surface area contributed by atoms with Crippen molar-refractivity contribution in [2.45, 2.75) is 13.8 Å². The van der Waals surface area contributed by atoms with Gasteiger partial charge in [-0.3, -0.25) is 4.79 Å². The third-order valence-corrected chi connectivity index (χ3v) is 2.63. The van der Waals surface area contributed by atoms with Crippen molar-refractivity contribution in [1.29, 1.82) is 0 Å². The normalized spacial score (nSPS) is 12.0. The molecule has 0 saturated carbocycles. The Morgan fingerprint density at radius 1 is 1.56 bits per heavy atom. The van der Waals surface area contributed by atoms with E-state index in [9.17, 15) is 4.79 Å². The Bertz CT molecular complexity index is 379. The minimum atomic E-state index is -0.209. The zero-order chi connectivity index (χ0) is 12.1. The summed E-state index contributed by atoms with van der Waals surface area (Å²) in [6.45, 7) is 4.34. The number of ether oxygens (including phenoxy) is 1. The molecular weight excluding hydrogens is 226 g/mol. The molecule has 0 aliphatic heterocycles. The Kier molecular flexibility index (Phi) is 4.62. The second-order valence-electron chi connectivity index (χ2n) is 3.76. The molecule has 0 aliphatic carbocycles. The topological polar surface area (TPSA) is 38.3 Å². The molecule has 0 bridgehead atoms. The highest BCUT2D eigenvalue weighted by Crippen LogP contribution is 2.19. The number of benzene rings is 1. The lowest BCUT2D eigenvalue weighted by Gasteiger charge is -2.13. The summed E-state index contributed by atoms with van der Waals surface area (Å²) in [7, 11) is 1.40. The maximum atomic E-state index is 11.2. The second kappa shape index (κ2) is 5.75. The van der Waals surface area contributed by atoms with Gasteiger partial charge < -0.3 is 10.1 Å². The van der Waals surface area contributed by atoms with E-state index >= 15 is 0 Å². The third-order valence-electron chi connectivity index (χ3n) is 2.39. The van der Waals surface area contributed by atoms with Crippen LogP contribution in [0, 0.1) is 12.8 Å². The van der Waals surface area contributed by atoms with E-state index in [0.717, 1.165) is 11.3 Å². The van der Waals surface area contributed by atoms with Crippen LogP contribution < -0.4 is 5.32 Å². The Balaban J connectivity index is 2.58. The van der Waals surface area contributed by atoms with Gasteiger partial charge in [-0.2, -0.15) is 0 Å². The van der Waals surface area contributed by atoms with Crippen LogP contribution in [0.2, 0.25) is 5.02 Å². The Morgan fingerprint density at radius 3 is 2.81 bits per heavy atom. The van der Waals surface area contributed by atoms with E-state index in [4.69, 9.17) is 11.6 Å². The second-order valence-corrected chi connectivity index (χ2v) is 4.20. The van der Waals surface area contributed by atoms with E-state index in [2.05, 4.69) is 10.1 Å². The summed E-state index contributed by atoms with van der Waals surface area (Å²) in [4.78, 5) is 11.2. The van der Waals surface area contributed by atoms with Crippen LogP contribution in [0.1, 0.15) is 12.5 Å². The van der Waals surface area contributed by atoms with Crippen LogP contribution in [-0.4, -0.2) is 19.6 Å². The van der Waals surface area contributed by atoms with E-state index in [1.807, 2.05) is 32.0 Å². The van der Waals surface area contributed by atoms with Crippen LogP contribution in [0.4, 0.5) is 5.69 Å². The Hall–Kier alpha value is -1.22. The number of methoxy groups -OCH3 is 1. The van der Waals surface area contributed by atoms with Gasteiger partial charge in [-0.15, -0.1) is 0 Å². The molecule has 88 valence electrons. The molecule has 1 aromatic carbocycles. The number of anilines is 1. The molecule has 3 nitrogen and oxygen atoms in total. The predicted octanol–water partition coefficient (Wildman–Crippen LogP) is 2.87. The number of hydrogen-bond donors (Lipinski definition) is 1. The molecule has 0 saturated heterocycles. The lowest BCUT2D eigenvalue weighted by Crippen LogP contribution is -2.21. The smallest absolute Gasteiger partial charge is 0.310 e. The van der Waals surface area contributed by atoms with Crippen molar-refractivity contribution in [3.8, 4) is 0 Å². The first-order valence-corrected chi connectivity index (χ1v) is 5.50. The fraction of sp³-hybridized carbons (Fsp3) is 0.417. The first-order valence-electron chi connectivity index (χ1n) is 5.12. The summed E-state index contributed by atoms with van der Waals surface area (Å²) in [5, 5.41) is 3.91. The van der Waals surface area contributed by atoms with Crippen molar-refractivity contribution in [3.05, 3.63) is 28.8 Å². The zero-order valence-corrected chi connectivity index (χ0v) is 10.5. The molecule has 1 atom stereocenters. The van der Waals surface area contributed by atoms with Crippen LogP contribution in [0.3, 0.4) is 0 Å². The first kappa shape index (κ1) is 12.8. The zero-order valence-electron chi connectivity index (χ0n) is 9.71. The highest BCUT2D eigenvalue weighted by atomic mass is 35.5. The molecule has 0 fully saturated rings. The monoisotopic (exact) mass is 241 g/mol. The fourth-order valence-electron chi connectivity index (χ4n) is 1.37. The molecule has 1 rings (SSSR count). The van der Waals surface area contributed by atoms with Crippen molar-refractivity contribution < 1.29 is 9.53 Å². The number of hydrogen-bond acceptors (Lipinski definition) is 3. The van der Waals surface area contributed by atoms with Gasteiger partial charge >= 0.3 is 5.97 Å². The molecule has 0 heterocycles. The maximum Gasteiger partial charge on any atom is 0.310 e. The number of aryl methyl sites for hydroxylation is 1. The molecule has 0 spiro atoms. The first-order chi connectivity index (χ1) is 7.54. The molecule has 4 heteroatoms. The minimum absolute atomic E-state index is 0.167. The van der Waals surface area contributed by atoms with Crippen molar-refractivity contribution >= 4 is 23.3 Å². The van der Waals surface area contributed by atoms with Gasteiger partial charge in [-0.25, -0.2) is 0 Å². The van der Waals surface area contributed by atoms with Crippen LogP contribution >= 0.6 is 11.6 Å². The molecule has 0 aromatic heterocycles. The van der Waals surface area contributed by atoms with Gasteiger partial charge in [0, 0.05) is 17.3 Å². The van der Waals surface area contributed by atoms with E-state index in [1.54, 1.807) is 0 Å². The van der Waals surface area contributed by atoms with Gasteiger partial charge in [0.15, 0.2) is 0 Å². The number of rotatable bonds is 4. The minimum Gasteiger partial charge on any atom is -0.469 e. The highest BCUT2D eigenvalue weighted by molar-refractivity contribution is 6.30. The van der Waals surface area contributed by atoms with Gasteiger partial charge in [-0.05, 0) is 30.7 Å². The van der Waals surface area contributed by atoms with E-state index in [0.29, 0.717) is 11.6 Å². The molecule has 0 radical (unpaired) electrons. The summed E-state index contributed by atoms with van der Waals surface area (Å²) in [5.74, 6) is -0.376. The lowest BCUT2D eigenvalue weighted by atomic mass is 10.1. The van der Waals surface area contributed by atoms with E-state index < -0.39 is 0 Å². The molecule has 0 amide bonds. The quantitative estimate of drug-likeness (QED) is 0.824. The van der Waals surface area contributed by atoms with Crippen LogP contribution in [0.5, 0.6) is 0 Å². The third kappa shape index (κ3) is 3.42. The van der Waals surface area contributed by atoms with Crippen molar-refractivity contribution in [1.82, 2.24) is 0 Å². The van der Waals surface area contributed by atoms with Gasteiger partial charge in [0.25, 0.3) is 0 Å². The number of nitrogens with one attached hydrogen (secondary N) is 1. The fourth-order valence-corrected chi connectivity index (χ4v) is 1.60. The maximum absolute atomic E-state index is 11.2. The van der Waals surface area contributed by atoms with E-state index in [-0.39, 0.29) is 11.9 Å². The number of carbonyl (C=O) groups is 1. The summed E-state index contributed by atoms with van der Waals surface area (Å²) < 4.78 is 4.65. The van der Waals surface area contributed by atoms with Crippen molar-refractivity contribution in [3.63, 3.8) is 0 Å². The lowest BCUT2D eigenvalue weighted by molar-refractivity contribution is -0.144. The largest absolute Gasteiger partial charge is 0.469 e. The van der Waals surface area contributed by atoms with Gasteiger partial charge in [0.1, 0.15) is 0 Å². The van der Waals surface area contributed by atoms with Crippen molar-refractivity contribution in [2.75, 3.05) is 19.0 Å². The van der Waals surface area contributed by atoms with Crippen LogP contribution in [0.15, 0.2) is 18.2 Å². The van der Waals surface area contributed by atoms with Gasteiger partial charge in [0.2, 0.25) is 0 Å². The van der Waals surface area contributed by atoms with Gasteiger partial charge in [0.05, 0.1) is 13.0 Å². The Labute approximate surface area is 101 Å². The molecule has 1 aromatic rings. The number of carbonyl (C=O) groups excluding carboxylic acids is 1. The number of esters is 1.